The van der Waals surface area contributed by atoms with E-state index < -0.39 is 0 Å². The molecule has 3 rings (SSSR count). The molecular formula is C16H28OSi. The largest absolute Gasteiger partial charge is 0.418 e. The van der Waals surface area contributed by atoms with Gasteiger partial charge in [0.25, 0.3) is 0 Å². The second-order valence-corrected chi connectivity index (χ2v) is 6.99. The summed E-state index contributed by atoms with van der Waals surface area (Å²) in [5.41, 5.74) is 1.92. The first-order valence-electron chi connectivity index (χ1n) is 8.12. The van der Waals surface area contributed by atoms with E-state index in [2.05, 4.69) is 6.08 Å². The molecule has 0 atom stereocenters. The van der Waals surface area contributed by atoms with Gasteiger partial charge in [0.15, 0.2) is 0 Å². The van der Waals surface area contributed by atoms with Crippen molar-refractivity contribution in [1.29, 1.82) is 0 Å². The Morgan fingerprint density at radius 1 is 0.944 bits per heavy atom. The van der Waals surface area contributed by atoms with Crippen LogP contribution in [0.3, 0.4) is 0 Å². The van der Waals surface area contributed by atoms with Crippen LogP contribution in [0, 0.1) is 11.8 Å². The van der Waals surface area contributed by atoms with Crippen molar-refractivity contribution in [2.45, 2.75) is 76.2 Å². The molecule has 1 nitrogen and oxygen atoms in total. The highest BCUT2D eigenvalue weighted by Crippen LogP contribution is 2.52. The fraction of sp³-hybridized carbons (Fsp3) is 0.875. The third-order valence-corrected chi connectivity index (χ3v) is 6.48. The van der Waals surface area contributed by atoms with Crippen molar-refractivity contribution in [3.63, 3.8) is 0 Å². The van der Waals surface area contributed by atoms with Crippen molar-refractivity contribution >= 4 is 10.5 Å². The predicted molar refractivity (Wildman–Crippen MR) is 79.6 cm³/mol. The monoisotopic (exact) mass is 264 g/mol. The minimum atomic E-state index is 0.204. The summed E-state index contributed by atoms with van der Waals surface area (Å²) in [7, 11) is 0.910. The molecule has 18 heavy (non-hydrogen) atoms. The predicted octanol–water partition coefficient (Wildman–Crippen LogP) is 3.51. The number of hydrogen-bond donors (Lipinski definition) is 0. The number of rotatable bonds is 4. The van der Waals surface area contributed by atoms with E-state index >= 15 is 0 Å². The third kappa shape index (κ3) is 2.02. The van der Waals surface area contributed by atoms with E-state index in [4.69, 9.17) is 4.43 Å². The van der Waals surface area contributed by atoms with Gasteiger partial charge in [-0.05, 0) is 62.4 Å². The van der Waals surface area contributed by atoms with Crippen molar-refractivity contribution in [3.05, 3.63) is 11.6 Å². The first kappa shape index (κ1) is 12.9. The van der Waals surface area contributed by atoms with E-state index in [-0.39, 0.29) is 5.60 Å². The van der Waals surface area contributed by atoms with Crippen LogP contribution < -0.4 is 0 Å². The van der Waals surface area contributed by atoms with Crippen LogP contribution in [0.1, 0.15) is 70.6 Å². The van der Waals surface area contributed by atoms with Crippen molar-refractivity contribution in [2.75, 3.05) is 0 Å². The average Bonchev–Trinajstić information content (AvgIpc) is 3.16. The van der Waals surface area contributed by atoms with Gasteiger partial charge in [0.1, 0.15) is 10.5 Å². The molecular weight excluding hydrogens is 236 g/mol. The summed E-state index contributed by atoms with van der Waals surface area (Å²) < 4.78 is 6.46. The van der Waals surface area contributed by atoms with Crippen LogP contribution in [0.2, 0.25) is 0 Å². The third-order valence-electron chi connectivity index (χ3n) is 5.80. The van der Waals surface area contributed by atoms with Crippen LogP contribution in [-0.2, 0) is 4.43 Å². The van der Waals surface area contributed by atoms with Crippen LogP contribution >= 0.6 is 0 Å². The Balaban J connectivity index is 1.92. The van der Waals surface area contributed by atoms with Crippen molar-refractivity contribution in [1.82, 2.24) is 0 Å². The zero-order chi connectivity index (χ0) is 12.4. The highest BCUT2D eigenvalue weighted by Gasteiger charge is 2.49. The fourth-order valence-corrected chi connectivity index (χ4v) is 5.99. The lowest BCUT2D eigenvalue weighted by Gasteiger charge is -2.45. The van der Waals surface area contributed by atoms with Crippen LogP contribution in [0.25, 0.3) is 0 Å². The zero-order valence-corrected chi connectivity index (χ0v) is 13.9. The molecule has 2 fully saturated rings. The Kier molecular flexibility index (Phi) is 3.95. The Bertz CT molecular complexity index is 295. The fourth-order valence-electron chi connectivity index (χ4n) is 5.06. The summed E-state index contributed by atoms with van der Waals surface area (Å²) in [6.45, 7) is 0. The van der Waals surface area contributed by atoms with E-state index in [9.17, 15) is 0 Å². The second kappa shape index (κ2) is 5.50. The Hall–Kier alpha value is -0.0831. The van der Waals surface area contributed by atoms with Crippen LogP contribution in [0.5, 0.6) is 0 Å². The first-order chi connectivity index (χ1) is 8.88. The first-order valence-corrected chi connectivity index (χ1v) is 8.94. The minimum Gasteiger partial charge on any atom is -0.418 e. The molecule has 0 radical (unpaired) electrons. The van der Waals surface area contributed by atoms with Gasteiger partial charge in [-0.1, -0.05) is 31.8 Å². The van der Waals surface area contributed by atoms with E-state index in [0.717, 1.165) is 22.3 Å². The molecule has 0 saturated heterocycles. The summed E-state index contributed by atoms with van der Waals surface area (Å²) in [4.78, 5) is 0. The molecule has 0 amide bonds. The van der Waals surface area contributed by atoms with Gasteiger partial charge < -0.3 is 4.43 Å². The van der Waals surface area contributed by atoms with Crippen molar-refractivity contribution in [2.24, 2.45) is 11.8 Å². The van der Waals surface area contributed by atoms with Crippen molar-refractivity contribution in [3.8, 4) is 0 Å². The number of hydrogen-bond acceptors (Lipinski definition) is 1. The summed E-state index contributed by atoms with van der Waals surface area (Å²) >= 11 is 0. The Morgan fingerprint density at radius 2 is 1.50 bits per heavy atom. The lowest BCUT2D eigenvalue weighted by Crippen LogP contribution is -2.47. The van der Waals surface area contributed by atoms with Gasteiger partial charge in [0.2, 0.25) is 0 Å². The zero-order valence-electron chi connectivity index (χ0n) is 11.9. The summed E-state index contributed by atoms with van der Waals surface area (Å²) in [6.07, 6.45) is 18.0. The average molecular weight is 264 g/mol. The van der Waals surface area contributed by atoms with Gasteiger partial charge in [-0.25, -0.2) is 0 Å². The highest BCUT2D eigenvalue weighted by atomic mass is 28.2. The molecule has 3 aliphatic rings. The maximum absolute atomic E-state index is 6.46. The molecule has 0 aliphatic heterocycles. The molecule has 2 heteroatoms. The summed E-state index contributed by atoms with van der Waals surface area (Å²) in [6, 6.07) is 0. The highest BCUT2D eigenvalue weighted by molar-refractivity contribution is 5.98. The van der Waals surface area contributed by atoms with Crippen LogP contribution in [0.4, 0.5) is 0 Å². The molecule has 0 heterocycles. The SMILES string of the molecule is [SiH3]OC(C1=CCCC1)(C1CCCC1)C1CCCC1. The molecule has 0 aromatic rings. The van der Waals surface area contributed by atoms with Gasteiger partial charge in [-0.15, -0.1) is 0 Å². The Morgan fingerprint density at radius 3 is 1.89 bits per heavy atom. The van der Waals surface area contributed by atoms with Gasteiger partial charge in [-0.3, -0.25) is 0 Å². The van der Waals surface area contributed by atoms with Crippen LogP contribution in [-0.4, -0.2) is 16.1 Å². The van der Waals surface area contributed by atoms with Gasteiger partial charge in [0, 0.05) is 0 Å². The van der Waals surface area contributed by atoms with E-state index in [0.29, 0.717) is 0 Å². The van der Waals surface area contributed by atoms with E-state index in [1.165, 1.54) is 70.6 Å². The van der Waals surface area contributed by atoms with Gasteiger partial charge >= 0.3 is 0 Å². The van der Waals surface area contributed by atoms with E-state index in [1.54, 1.807) is 5.57 Å². The molecule has 0 unspecified atom stereocenters. The second-order valence-electron chi connectivity index (χ2n) is 6.58. The van der Waals surface area contributed by atoms with Crippen molar-refractivity contribution < 1.29 is 4.43 Å². The maximum atomic E-state index is 6.46. The molecule has 0 aromatic carbocycles. The van der Waals surface area contributed by atoms with Gasteiger partial charge in [0.05, 0.1) is 5.60 Å². The standard InChI is InChI=1S/C16H28OSi/c18-17-16(13-7-1-2-8-13,14-9-3-4-10-14)15-11-5-6-12-15/h7,14-15H,1-6,8-12H2,18H3. The number of allylic oxidation sites excluding steroid dienone is 1. The maximum Gasteiger partial charge on any atom is 0.147 e. The van der Waals surface area contributed by atoms with E-state index in [1.807, 2.05) is 0 Å². The topological polar surface area (TPSA) is 9.23 Å². The molecule has 102 valence electrons. The molecule has 0 spiro atoms. The molecule has 0 aromatic heterocycles. The summed E-state index contributed by atoms with van der Waals surface area (Å²) in [5.74, 6) is 1.70. The molecule has 0 bridgehead atoms. The summed E-state index contributed by atoms with van der Waals surface area (Å²) in [5, 5.41) is 0. The molecule has 2 saturated carbocycles. The lowest BCUT2D eigenvalue weighted by atomic mass is 9.70. The lowest BCUT2D eigenvalue weighted by molar-refractivity contribution is -0.00377. The quantitative estimate of drug-likeness (QED) is 0.558. The Labute approximate surface area is 115 Å². The van der Waals surface area contributed by atoms with Gasteiger partial charge in [-0.2, -0.15) is 0 Å². The van der Waals surface area contributed by atoms with Crippen LogP contribution in [0.15, 0.2) is 11.6 Å². The minimum absolute atomic E-state index is 0.204. The molecule has 3 aliphatic carbocycles. The normalized spacial score (nSPS) is 27.2. The smallest absolute Gasteiger partial charge is 0.147 e. The molecule has 0 N–H and O–H groups in total.